The van der Waals surface area contributed by atoms with Gasteiger partial charge in [0.2, 0.25) is 0 Å². The molecule has 0 aliphatic heterocycles. The van der Waals surface area contributed by atoms with Gasteiger partial charge in [-0.25, -0.2) is 4.79 Å². The van der Waals surface area contributed by atoms with Crippen LogP contribution >= 0.6 is 0 Å². The summed E-state index contributed by atoms with van der Waals surface area (Å²) in [5, 5.41) is 10.8. The minimum Gasteiger partial charge on any atom is -0.444 e. The number of nitrogens with one attached hydrogen (secondary N) is 2. The normalized spacial score (nSPS) is 22.4. The molecule has 1 aliphatic carbocycles. The van der Waals surface area contributed by atoms with Crippen molar-refractivity contribution >= 4 is 6.09 Å². The highest BCUT2D eigenvalue weighted by atomic mass is 16.6. The first-order chi connectivity index (χ1) is 10.8. The molecule has 0 unspecified atom stereocenters. The number of alkyl carbamates (subject to hydrolysis) is 1. The van der Waals surface area contributed by atoms with Gasteiger partial charge in [-0.3, -0.25) is 4.68 Å². The Bertz CT molecular complexity index is 507. The molecule has 1 aromatic heterocycles. The number of aryl methyl sites for hydroxylation is 1. The molecule has 0 aromatic carbocycles. The Hall–Kier alpha value is -1.56. The highest BCUT2D eigenvalue weighted by Crippen LogP contribution is 2.19. The third-order valence-corrected chi connectivity index (χ3v) is 4.19. The van der Waals surface area contributed by atoms with E-state index in [1.54, 1.807) is 6.20 Å². The summed E-state index contributed by atoms with van der Waals surface area (Å²) in [6.07, 6.45) is 7.09. The van der Waals surface area contributed by atoms with Gasteiger partial charge in [0.15, 0.2) is 0 Å². The Morgan fingerprint density at radius 1 is 1.30 bits per heavy atom. The van der Waals surface area contributed by atoms with Gasteiger partial charge < -0.3 is 15.4 Å². The summed E-state index contributed by atoms with van der Waals surface area (Å²) >= 11 is 0. The van der Waals surface area contributed by atoms with Gasteiger partial charge in [-0.05, 0) is 39.7 Å². The van der Waals surface area contributed by atoms with Crippen molar-refractivity contribution in [1.29, 1.82) is 0 Å². The maximum Gasteiger partial charge on any atom is 0.407 e. The molecule has 1 heterocycles. The average Bonchev–Trinajstić information content (AvgIpc) is 2.71. The van der Waals surface area contributed by atoms with Gasteiger partial charge in [-0.2, -0.15) is 5.10 Å². The van der Waals surface area contributed by atoms with Crippen molar-refractivity contribution in [2.24, 2.45) is 7.05 Å². The molecule has 1 saturated carbocycles. The predicted octanol–water partition coefficient (Wildman–Crippen LogP) is 2.74. The first-order valence-corrected chi connectivity index (χ1v) is 8.55. The maximum absolute atomic E-state index is 12.1. The van der Waals surface area contributed by atoms with E-state index in [-0.39, 0.29) is 18.2 Å². The fourth-order valence-electron chi connectivity index (χ4n) is 2.99. The molecule has 1 aliphatic rings. The van der Waals surface area contributed by atoms with E-state index in [1.165, 1.54) is 12.8 Å². The number of carbonyl (C=O) groups is 1. The monoisotopic (exact) mass is 322 g/mol. The van der Waals surface area contributed by atoms with Crippen LogP contribution < -0.4 is 10.6 Å². The first-order valence-electron chi connectivity index (χ1n) is 8.55. The summed E-state index contributed by atoms with van der Waals surface area (Å²) in [6, 6.07) is 2.39. The number of ether oxygens (including phenoxy) is 1. The topological polar surface area (TPSA) is 68.2 Å². The summed E-state index contributed by atoms with van der Waals surface area (Å²) in [7, 11) is 1.94. The quantitative estimate of drug-likeness (QED) is 0.836. The molecular formula is C17H30N4O2. The summed E-state index contributed by atoms with van der Waals surface area (Å²) < 4.78 is 7.28. The van der Waals surface area contributed by atoms with E-state index in [2.05, 4.69) is 15.7 Å². The highest BCUT2D eigenvalue weighted by molar-refractivity contribution is 5.68. The minimum absolute atomic E-state index is 0.112. The van der Waals surface area contributed by atoms with Gasteiger partial charge in [0.1, 0.15) is 5.60 Å². The molecule has 2 N–H and O–H groups in total. The summed E-state index contributed by atoms with van der Waals surface area (Å²) in [4.78, 5) is 12.1. The van der Waals surface area contributed by atoms with Crippen LogP contribution in [0.2, 0.25) is 0 Å². The van der Waals surface area contributed by atoms with Gasteiger partial charge in [-0.15, -0.1) is 0 Å². The van der Waals surface area contributed by atoms with Crippen LogP contribution in [0.4, 0.5) is 4.79 Å². The van der Waals surface area contributed by atoms with E-state index in [0.717, 1.165) is 31.5 Å². The number of amides is 1. The molecule has 1 fully saturated rings. The van der Waals surface area contributed by atoms with Crippen molar-refractivity contribution in [2.75, 3.05) is 0 Å². The standard InChI is InChI=1S/C17H30N4O2/c1-17(2,3)23-16(22)20-15-9-7-5-6-8-14(15)18-12-13-10-11-19-21(13)4/h10-11,14-15,18H,5-9,12H2,1-4H3,(H,20,22)/t14-,15+/m1/s1. The smallest absolute Gasteiger partial charge is 0.407 e. The molecule has 130 valence electrons. The Morgan fingerprint density at radius 2 is 2.00 bits per heavy atom. The predicted molar refractivity (Wildman–Crippen MR) is 90.1 cm³/mol. The van der Waals surface area contributed by atoms with Crippen LogP contribution in [-0.4, -0.2) is 33.6 Å². The van der Waals surface area contributed by atoms with Crippen molar-refractivity contribution in [3.63, 3.8) is 0 Å². The zero-order valence-electron chi connectivity index (χ0n) is 14.8. The number of aromatic nitrogens is 2. The molecule has 0 spiro atoms. The fourth-order valence-corrected chi connectivity index (χ4v) is 2.99. The zero-order valence-corrected chi connectivity index (χ0v) is 14.8. The van der Waals surface area contributed by atoms with E-state index in [1.807, 2.05) is 38.6 Å². The van der Waals surface area contributed by atoms with Crippen molar-refractivity contribution in [2.45, 2.75) is 77.1 Å². The van der Waals surface area contributed by atoms with Crippen molar-refractivity contribution in [1.82, 2.24) is 20.4 Å². The molecule has 6 heteroatoms. The highest BCUT2D eigenvalue weighted by Gasteiger charge is 2.27. The lowest BCUT2D eigenvalue weighted by Gasteiger charge is -2.29. The second kappa shape index (κ2) is 7.81. The molecule has 2 rings (SSSR count). The van der Waals surface area contributed by atoms with Gasteiger partial charge in [-0.1, -0.05) is 19.3 Å². The van der Waals surface area contributed by atoms with Crippen LogP contribution in [0.15, 0.2) is 12.3 Å². The summed E-state index contributed by atoms with van der Waals surface area (Å²) in [6.45, 7) is 6.42. The number of rotatable bonds is 4. The van der Waals surface area contributed by atoms with E-state index >= 15 is 0 Å². The Morgan fingerprint density at radius 3 is 2.61 bits per heavy atom. The van der Waals surface area contributed by atoms with Crippen LogP contribution in [0.3, 0.4) is 0 Å². The SMILES string of the molecule is Cn1nccc1CN[C@@H]1CCCCC[C@@H]1NC(=O)OC(C)(C)C. The second-order valence-electron chi connectivity index (χ2n) is 7.32. The second-order valence-corrected chi connectivity index (χ2v) is 7.32. The summed E-state index contributed by atoms with van der Waals surface area (Å²) in [5.74, 6) is 0. The zero-order chi connectivity index (χ0) is 16.9. The molecule has 0 bridgehead atoms. The fraction of sp³-hybridized carbons (Fsp3) is 0.765. The average molecular weight is 322 g/mol. The van der Waals surface area contributed by atoms with E-state index in [4.69, 9.17) is 4.74 Å². The molecular weight excluding hydrogens is 292 g/mol. The van der Waals surface area contributed by atoms with E-state index in [9.17, 15) is 4.79 Å². The van der Waals surface area contributed by atoms with Crippen LogP contribution in [0.5, 0.6) is 0 Å². The van der Waals surface area contributed by atoms with Gasteiger partial charge in [0.05, 0.1) is 5.69 Å². The first kappa shape index (κ1) is 17.8. The van der Waals surface area contributed by atoms with Crippen LogP contribution in [0, 0.1) is 0 Å². The van der Waals surface area contributed by atoms with Gasteiger partial charge in [0, 0.05) is 31.9 Å². The van der Waals surface area contributed by atoms with Crippen LogP contribution in [0.25, 0.3) is 0 Å². The molecule has 0 radical (unpaired) electrons. The largest absolute Gasteiger partial charge is 0.444 e. The Balaban J connectivity index is 1.93. The molecule has 23 heavy (non-hydrogen) atoms. The van der Waals surface area contributed by atoms with Crippen molar-refractivity contribution < 1.29 is 9.53 Å². The molecule has 6 nitrogen and oxygen atoms in total. The summed E-state index contributed by atoms with van der Waals surface area (Å²) in [5.41, 5.74) is 0.678. The number of hydrogen-bond donors (Lipinski definition) is 2. The molecule has 0 saturated heterocycles. The third-order valence-electron chi connectivity index (χ3n) is 4.19. The lowest BCUT2D eigenvalue weighted by molar-refractivity contribution is 0.0489. The molecule has 1 amide bonds. The van der Waals surface area contributed by atoms with Crippen molar-refractivity contribution in [3.8, 4) is 0 Å². The number of hydrogen-bond acceptors (Lipinski definition) is 4. The Kier molecular flexibility index (Phi) is 6.04. The third kappa shape index (κ3) is 5.86. The van der Waals surface area contributed by atoms with Crippen LogP contribution in [-0.2, 0) is 18.3 Å². The maximum atomic E-state index is 12.1. The molecule has 1 aromatic rings. The molecule has 2 atom stereocenters. The number of nitrogens with zero attached hydrogens (tertiary/aromatic N) is 2. The minimum atomic E-state index is -0.466. The van der Waals surface area contributed by atoms with Crippen molar-refractivity contribution in [3.05, 3.63) is 18.0 Å². The van der Waals surface area contributed by atoms with E-state index < -0.39 is 5.60 Å². The number of carbonyl (C=O) groups excluding carboxylic acids is 1. The lowest BCUT2D eigenvalue weighted by atomic mass is 10.0. The van der Waals surface area contributed by atoms with E-state index in [0.29, 0.717) is 0 Å². The van der Waals surface area contributed by atoms with Gasteiger partial charge >= 0.3 is 6.09 Å². The Labute approximate surface area is 139 Å². The van der Waals surface area contributed by atoms with Crippen LogP contribution in [0.1, 0.15) is 58.6 Å². The van der Waals surface area contributed by atoms with Gasteiger partial charge in [0.25, 0.3) is 0 Å². The lowest BCUT2D eigenvalue weighted by Crippen LogP contribution is -2.50.